The van der Waals surface area contributed by atoms with E-state index in [-0.39, 0.29) is 12.5 Å². The summed E-state index contributed by atoms with van der Waals surface area (Å²) in [5.74, 6) is -0.117. The molecule has 21 heavy (non-hydrogen) atoms. The fourth-order valence-corrected chi connectivity index (χ4v) is 2.83. The van der Waals surface area contributed by atoms with Crippen LogP contribution in [0.2, 0.25) is 0 Å². The molecule has 2 N–H and O–H groups in total. The Morgan fingerprint density at radius 1 is 1.29 bits per heavy atom. The molecule has 112 valence electrons. The van der Waals surface area contributed by atoms with Crippen LogP contribution in [-0.2, 0) is 11.2 Å². The molecule has 0 fully saturated rings. The Morgan fingerprint density at radius 2 is 2.10 bits per heavy atom. The topological polar surface area (TPSA) is 66.9 Å². The number of amides is 1. The number of hydrogen-bond acceptors (Lipinski definition) is 5. The molecule has 0 unspecified atom stereocenters. The van der Waals surface area contributed by atoms with Gasteiger partial charge in [-0.05, 0) is 31.9 Å². The SMILES string of the molecule is CCCc1nnc(NC(=O)CNc2ccc(C)cc2C)s1. The summed E-state index contributed by atoms with van der Waals surface area (Å²) < 4.78 is 0. The molecular weight excluding hydrogens is 284 g/mol. The zero-order chi connectivity index (χ0) is 15.2. The third-order valence-electron chi connectivity index (χ3n) is 3.00. The largest absolute Gasteiger partial charge is 0.376 e. The van der Waals surface area contributed by atoms with E-state index in [4.69, 9.17) is 0 Å². The lowest BCUT2D eigenvalue weighted by molar-refractivity contribution is -0.114. The minimum absolute atomic E-state index is 0.117. The van der Waals surface area contributed by atoms with Crippen LogP contribution in [0.15, 0.2) is 18.2 Å². The van der Waals surface area contributed by atoms with Gasteiger partial charge in [-0.2, -0.15) is 0 Å². The van der Waals surface area contributed by atoms with Gasteiger partial charge in [0.15, 0.2) is 0 Å². The second-order valence-electron chi connectivity index (χ2n) is 4.97. The van der Waals surface area contributed by atoms with Gasteiger partial charge in [-0.15, -0.1) is 10.2 Å². The first-order valence-electron chi connectivity index (χ1n) is 7.02. The molecule has 1 aromatic carbocycles. The Bertz CT molecular complexity index is 624. The maximum absolute atomic E-state index is 11.9. The normalized spacial score (nSPS) is 10.4. The minimum Gasteiger partial charge on any atom is -0.376 e. The number of nitrogens with zero attached hydrogens (tertiary/aromatic N) is 2. The van der Waals surface area contributed by atoms with Gasteiger partial charge < -0.3 is 5.32 Å². The molecule has 0 spiro atoms. The van der Waals surface area contributed by atoms with Crippen molar-refractivity contribution in [2.24, 2.45) is 0 Å². The van der Waals surface area contributed by atoms with Gasteiger partial charge >= 0.3 is 0 Å². The zero-order valence-electron chi connectivity index (χ0n) is 12.6. The molecule has 0 aliphatic heterocycles. The average Bonchev–Trinajstić information content (AvgIpc) is 2.85. The molecule has 0 radical (unpaired) electrons. The first kappa shape index (κ1) is 15.4. The van der Waals surface area contributed by atoms with E-state index in [0.717, 1.165) is 29.1 Å². The molecule has 0 aliphatic rings. The number of aryl methyl sites for hydroxylation is 3. The third kappa shape index (κ3) is 4.53. The summed E-state index contributed by atoms with van der Waals surface area (Å²) >= 11 is 1.43. The highest BCUT2D eigenvalue weighted by Crippen LogP contribution is 2.17. The van der Waals surface area contributed by atoms with E-state index >= 15 is 0 Å². The summed E-state index contributed by atoms with van der Waals surface area (Å²) in [7, 11) is 0. The minimum atomic E-state index is -0.117. The maximum atomic E-state index is 11.9. The number of carbonyl (C=O) groups excluding carboxylic acids is 1. The Labute approximate surface area is 128 Å². The number of aromatic nitrogens is 2. The van der Waals surface area contributed by atoms with E-state index in [0.29, 0.717) is 5.13 Å². The number of benzene rings is 1. The van der Waals surface area contributed by atoms with Gasteiger partial charge in [0.2, 0.25) is 11.0 Å². The molecule has 6 heteroatoms. The first-order valence-corrected chi connectivity index (χ1v) is 7.83. The van der Waals surface area contributed by atoms with Crippen LogP contribution in [0, 0.1) is 13.8 Å². The number of hydrogen-bond donors (Lipinski definition) is 2. The molecule has 0 atom stereocenters. The van der Waals surface area contributed by atoms with Crippen molar-refractivity contribution in [1.29, 1.82) is 0 Å². The smallest absolute Gasteiger partial charge is 0.245 e. The Kier molecular flexibility index (Phi) is 5.27. The summed E-state index contributed by atoms with van der Waals surface area (Å²) in [5, 5.41) is 15.4. The number of rotatable bonds is 6. The molecule has 0 bridgehead atoms. The van der Waals surface area contributed by atoms with E-state index in [1.165, 1.54) is 16.9 Å². The highest BCUT2D eigenvalue weighted by molar-refractivity contribution is 7.15. The summed E-state index contributed by atoms with van der Waals surface area (Å²) in [5.41, 5.74) is 3.31. The number of anilines is 2. The van der Waals surface area contributed by atoms with Crippen LogP contribution in [0.3, 0.4) is 0 Å². The average molecular weight is 304 g/mol. The fourth-order valence-electron chi connectivity index (χ4n) is 1.97. The van der Waals surface area contributed by atoms with Crippen molar-refractivity contribution >= 4 is 28.1 Å². The monoisotopic (exact) mass is 304 g/mol. The fraction of sp³-hybridized carbons (Fsp3) is 0.400. The zero-order valence-corrected chi connectivity index (χ0v) is 13.4. The van der Waals surface area contributed by atoms with Crippen LogP contribution in [0.1, 0.15) is 29.5 Å². The lowest BCUT2D eigenvalue weighted by Gasteiger charge is -2.09. The summed E-state index contributed by atoms with van der Waals surface area (Å²) in [6.07, 6.45) is 1.92. The van der Waals surface area contributed by atoms with Crippen LogP contribution in [0.4, 0.5) is 10.8 Å². The van der Waals surface area contributed by atoms with E-state index < -0.39 is 0 Å². The van der Waals surface area contributed by atoms with Gasteiger partial charge in [-0.3, -0.25) is 10.1 Å². The standard InChI is InChI=1S/C15H20N4OS/c1-4-5-14-18-19-15(21-14)17-13(20)9-16-12-7-6-10(2)8-11(12)3/h6-8,16H,4-5,9H2,1-3H3,(H,17,19,20). The predicted molar refractivity (Wildman–Crippen MR) is 86.9 cm³/mol. The second-order valence-corrected chi connectivity index (χ2v) is 6.03. The van der Waals surface area contributed by atoms with Crippen molar-refractivity contribution in [2.45, 2.75) is 33.6 Å². The molecule has 0 aliphatic carbocycles. The van der Waals surface area contributed by atoms with Crippen molar-refractivity contribution in [3.05, 3.63) is 34.3 Å². The third-order valence-corrected chi connectivity index (χ3v) is 3.90. The van der Waals surface area contributed by atoms with Gasteiger partial charge in [0.25, 0.3) is 0 Å². The van der Waals surface area contributed by atoms with Gasteiger partial charge in [-0.25, -0.2) is 0 Å². The quantitative estimate of drug-likeness (QED) is 0.860. The highest BCUT2D eigenvalue weighted by Gasteiger charge is 2.08. The summed E-state index contributed by atoms with van der Waals surface area (Å²) in [6.45, 7) is 6.38. The van der Waals surface area contributed by atoms with Crippen molar-refractivity contribution in [3.63, 3.8) is 0 Å². The highest BCUT2D eigenvalue weighted by atomic mass is 32.1. The van der Waals surface area contributed by atoms with Crippen molar-refractivity contribution in [1.82, 2.24) is 10.2 Å². The molecule has 5 nitrogen and oxygen atoms in total. The van der Waals surface area contributed by atoms with Crippen molar-refractivity contribution in [2.75, 3.05) is 17.2 Å². The second kappa shape index (κ2) is 7.17. The van der Waals surface area contributed by atoms with E-state index in [9.17, 15) is 4.79 Å². The van der Waals surface area contributed by atoms with Crippen molar-refractivity contribution < 1.29 is 4.79 Å². The van der Waals surface area contributed by atoms with Crippen LogP contribution in [-0.4, -0.2) is 22.6 Å². The molecule has 1 aromatic heterocycles. The molecular formula is C15H20N4OS. The van der Waals surface area contributed by atoms with Gasteiger partial charge in [0.1, 0.15) is 5.01 Å². The van der Waals surface area contributed by atoms with E-state index in [1.807, 2.05) is 26.0 Å². The maximum Gasteiger partial charge on any atom is 0.245 e. The number of nitrogens with one attached hydrogen (secondary N) is 2. The Morgan fingerprint density at radius 3 is 2.81 bits per heavy atom. The Balaban J connectivity index is 1.86. The molecule has 1 heterocycles. The lowest BCUT2D eigenvalue weighted by atomic mass is 10.1. The van der Waals surface area contributed by atoms with Crippen LogP contribution >= 0.6 is 11.3 Å². The molecule has 2 rings (SSSR count). The molecule has 2 aromatic rings. The van der Waals surface area contributed by atoms with E-state index in [1.54, 1.807) is 0 Å². The van der Waals surface area contributed by atoms with Crippen molar-refractivity contribution in [3.8, 4) is 0 Å². The van der Waals surface area contributed by atoms with E-state index in [2.05, 4.69) is 33.8 Å². The Hall–Kier alpha value is -1.95. The molecule has 0 saturated heterocycles. The predicted octanol–water partition coefficient (Wildman–Crippen LogP) is 3.16. The number of carbonyl (C=O) groups is 1. The van der Waals surface area contributed by atoms with Crippen LogP contribution in [0.5, 0.6) is 0 Å². The molecule has 1 amide bonds. The molecule has 0 saturated carbocycles. The van der Waals surface area contributed by atoms with Crippen LogP contribution < -0.4 is 10.6 Å². The first-order chi connectivity index (χ1) is 10.1. The lowest BCUT2D eigenvalue weighted by Crippen LogP contribution is -2.22. The van der Waals surface area contributed by atoms with Gasteiger partial charge in [0.05, 0.1) is 6.54 Å². The summed E-state index contributed by atoms with van der Waals surface area (Å²) in [4.78, 5) is 11.9. The van der Waals surface area contributed by atoms with Gasteiger partial charge in [-0.1, -0.05) is 36.0 Å². The summed E-state index contributed by atoms with van der Waals surface area (Å²) in [6, 6.07) is 6.10. The van der Waals surface area contributed by atoms with Gasteiger partial charge in [0, 0.05) is 12.1 Å². The van der Waals surface area contributed by atoms with Crippen LogP contribution in [0.25, 0.3) is 0 Å².